The molecular weight excluding hydrogens is 616 g/mol. The van der Waals surface area contributed by atoms with Gasteiger partial charge in [-0.2, -0.15) is 0 Å². The summed E-state index contributed by atoms with van der Waals surface area (Å²) in [6.45, 7) is 10.6. The van der Waals surface area contributed by atoms with Crippen LogP contribution in [0.2, 0.25) is 0 Å². The first kappa shape index (κ1) is 37.2. The lowest BCUT2D eigenvalue weighted by Crippen LogP contribution is -2.06. The third kappa shape index (κ3) is 8.55. The second-order valence-electron chi connectivity index (χ2n) is 11.7. The Morgan fingerprint density at radius 1 is 0.646 bits per heavy atom. The van der Waals surface area contributed by atoms with E-state index in [0.29, 0.717) is 42.6 Å². The number of aldehydes is 2. The first-order valence-electron chi connectivity index (χ1n) is 15.6. The Labute approximate surface area is 279 Å². The SMILES string of the molecule is CC(=O)c1c[nH]c(Cc2[nH]cc(C)c2C(C)=O)c1C.COC(=O)CCc1c(Cc2[nH]c(C=O)c(C)c2CCC(=O)OC)[nH]c(C=O)c1C. The van der Waals surface area contributed by atoms with Gasteiger partial charge in [-0.05, 0) is 87.8 Å². The molecule has 0 unspecified atom stereocenters. The van der Waals surface area contributed by atoms with Crippen molar-refractivity contribution in [3.8, 4) is 0 Å². The summed E-state index contributed by atoms with van der Waals surface area (Å²) in [6, 6.07) is 0. The van der Waals surface area contributed by atoms with Crippen molar-refractivity contribution in [3.63, 3.8) is 0 Å². The Balaban J connectivity index is 0.000000284. The van der Waals surface area contributed by atoms with Crippen LogP contribution in [0.5, 0.6) is 0 Å². The van der Waals surface area contributed by atoms with Gasteiger partial charge in [0, 0.05) is 72.0 Å². The number of aromatic amines is 4. The molecule has 0 fully saturated rings. The topological polar surface area (TPSA) is 184 Å². The molecule has 0 atom stereocenters. The van der Waals surface area contributed by atoms with Gasteiger partial charge in [-0.15, -0.1) is 0 Å². The first-order chi connectivity index (χ1) is 22.8. The number of Topliss-reactive ketones (excluding diaryl/α,β-unsaturated/α-hetero) is 2. The smallest absolute Gasteiger partial charge is 0.305 e. The molecule has 0 bridgehead atoms. The second kappa shape index (κ2) is 16.5. The summed E-state index contributed by atoms with van der Waals surface area (Å²) in [5, 5.41) is 0. The highest BCUT2D eigenvalue weighted by atomic mass is 16.5. The Morgan fingerprint density at radius 3 is 1.50 bits per heavy atom. The van der Waals surface area contributed by atoms with Gasteiger partial charge in [-0.3, -0.25) is 28.8 Å². The summed E-state index contributed by atoms with van der Waals surface area (Å²) in [6.07, 6.45) is 7.31. The number of hydrogen-bond acceptors (Lipinski definition) is 8. The zero-order valence-corrected chi connectivity index (χ0v) is 28.8. The fourth-order valence-electron chi connectivity index (χ4n) is 5.96. The van der Waals surface area contributed by atoms with Crippen LogP contribution in [0.15, 0.2) is 12.4 Å². The Morgan fingerprint density at radius 2 is 1.10 bits per heavy atom. The summed E-state index contributed by atoms with van der Waals surface area (Å²) >= 11 is 0. The zero-order valence-electron chi connectivity index (χ0n) is 28.8. The van der Waals surface area contributed by atoms with Crippen LogP contribution < -0.4 is 0 Å². The van der Waals surface area contributed by atoms with Crippen molar-refractivity contribution in [1.82, 2.24) is 19.9 Å². The summed E-state index contributed by atoms with van der Waals surface area (Å²) in [5.74, 6) is -0.553. The Kier molecular flexibility index (Phi) is 12.8. The van der Waals surface area contributed by atoms with Crippen LogP contribution in [0.4, 0.5) is 0 Å². The molecule has 0 spiro atoms. The van der Waals surface area contributed by atoms with Crippen molar-refractivity contribution in [1.29, 1.82) is 0 Å². The third-order valence-corrected chi connectivity index (χ3v) is 8.71. The number of methoxy groups -OCH3 is 2. The van der Waals surface area contributed by atoms with Crippen LogP contribution in [-0.2, 0) is 44.7 Å². The van der Waals surface area contributed by atoms with E-state index in [1.807, 2.05) is 33.9 Å². The fraction of sp³-hybridized carbons (Fsp3) is 0.389. The predicted molar refractivity (Wildman–Crippen MR) is 179 cm³/mol. The van der Waals surface area contributed by atoms with E-state index in [4.69, 9.17) is 9.47 Å². The molecule has 48 heavy (non-hydrogen) atoms. The highest BCUT2D eigenvalue weighted by Gasteiger charge is 2.21. The molecule has 0 saturated carbocycles. The lowest BCUT2D eigenvalue weighted by atomic mass is 9.98. The number of aromatic nitrogens is 4. The minimum Gasteiger partial charge on any atom is -0.469 e. The average Bonchev–Trinajstić information content (AvgIpc) is 3.78. The van der Waals surface area contributed by atoms with Gasteiger partial charge in [-0.25, -0.2) is 0 Å². The zero-order chi connectivity index (χ0) is 35.7. The maximum atomic E-state index is 11.7. The van der Waals surface area contributed by atoms with Gasteiger partial charge in [0.25, 0.3) is 0 Å². The van der Waals surface area contributed by atoms with E-state index < -0.39 is 0 Å². The molecule has 4 N–H and O–H groups in total. The van der Waals surface area contributed by atoms with Crippen molar-refractivity contribution in [3.05, 3.63) is 91.1 Å². The molecule has 4 aromatic heterocycles. The van der Waals surface area contributed by atoms with E-state index in [-0.39, 0.29) is 36.3 Å². The number of hydrogen-bond donors (Lipinski definition) is 4. The quantitative estimate of drug-likeness (QED) is 0.0793. The maximum absolute atomic E-state index is 11.7. The summed E-state index contributed by atoms with van der Waals surface area (Å²) < 4.78 is 9.43. The van der Waals surface area contributed by atoms with Crippen molar-refractivity contribution in [2.24, 2.45) is 0 Å². The molecule has 4 rings (SSSR count). The monoisotopic (exact) mass is 660 g/mol. The number of ketones is 2. The van der Waals surface area contributed by atoms with Crippen molar-refractivity contribution < 1.29 is 38.2 Å². The van der Waals surface area contributed by atoms with Crippen LogP contribution in [-0.4, -0.2) is 70.2 Å². The number of carbonyl (C=O) groups excluding carboxylic acids is 6. The molecule has 4 aromatic rings. The van der Waals surface area contributed by atoms with Crippen molar-refractivity contribution in [2.45, 2.75) is 80.1 Å². The largest absolute Gasteiger partial charge is 0.469 e. The highest BCUT2D eigenvalue weighted by molar-refractivity contribution is 5.97. The van der Waals surface area contributed by atoms with Gasteiger partial charge < -0.3 is 29.4 Å². The van der Waals surface area contributed by atoms with Gasteiger partial charge in [0.05, 0.1) is 25.6 Å². The van der Waals surface area contributed by atoms with Gasteiger partial charge in [-0.1, -0.05) is 0 Å². The van der Waals surface area contributed by atoms with E-state index in [0.717, 1.165) is 74.3 Å². The molecule has 12 nitrogen and oxygen atoms in total. The minimum atomic E-state index is -0.332. The molecule has 0 saturated heterocycles. The van der Waals surface area contributed by atoms with Gasteiger partial charge >= 0.3 is 11.9 Å². The van der Waals surface area contributed by atoms with E-state index in [1.165, 1.54) is 14.2 Å². The summed E-state index contributed by atoms with van der Waals surface area (Å²) in [5.41, 5.74) is 11.0. The molecule has 256 valence electrons. The predicted octanol–water partition coefficient (Wildman–Crippen LogP) is 5.34. The lowest BCUT2D eigenvalue weighted by molar-refractivity contribution is -0.141. The van der Waals surface area contributed by atoms with Crippen molar-refractivity contribution in [2.75, 3.05) is 14.2 Å². The number of ether oxygens (including phenoxy) is 2. The Hall–Kier alpha value is -5.26. The van der Waals surface area contributed by atoms with Crippen LogP contribution in [0.3, 0.4) is 0 Å². The van der Waals surface area contributed by atoms with E-state index >= 15 is 0 Å². The maximum Gasteiger partial charge on any atom is 0.305 e. The number of H-pyrrole nitrogens is 4. The summed E-state index contributed by atoms with van der Waals surface area (Å²) in [4.78, 5) is 81.5. The highest BCUT2D eigenvalue weighted by Crippen LogP contribution is 2.27. The van der Waals surface area contributed by atoms with E-state index in [9.17, 15) is 28.8 Å². The second-order valence-corrected chi connectivity index (χ2v) is 11.7. The number of aryl methyl sites for hydroxylation is 1. The minimum absolute atomic E-state index is 0.0504. The molecule has 0 aliphatic carbocycles. The molecule has 0 aromatic carbocycles. The molecule has 0 radical (unpaired) electrons. The van der Waals surface area contributed by atoms with Gasteiger partial charge in [0.15, 0.2) is 24.1 Å². The Bertz CT molecular complexity index is 1760. The lowest BCUT2D eigenvalue weighted by Gasteiger charge is -2.08. The van der Waals surface area contributed by atoms with E-state index in [2.05, 4.69) is 19.9 Å². The average molecular weight is 661 g/mol. The number of esters is 2. The summed E-state index contributed by atoms with van der Waals surface area (Å²) in [7, 11) is 2.67. The molecule has 0 aliphatic rings. The molecule has 12 heteroatoms. The van der Waals surface area contributed by atoms with E-state index in [1.54, 1.807) is 20.0 Å². The first-order valence-corrected chi connectivity index (χ1v) is 15.6. The number of carbonyl (C=O) groups is 6. The number of rotatable bonds is 14. The molecule has 0 amide bonds. The third-order valence-electron chi connectivity index (χ3n) is 8.71. The molecular formula is C36H44N4O8. The van der Waals surface area contributed by atoms with Gasteiger partial charge in [0.1, 0.15) is 0 Å². The molecule has 4 heterocycles. The van der Waals surface area contributed by atoms with Gasteiger partial charge in [0.2, 0.25) is 0 Å². The van der Waals surface area contributed by atoms with Crippen LogP contribution in [0.25, 0.3) is 0 Å². The standard InChI is InChI=1S/C21H26N2O6.C15H18N2O2/c1-12-14(5-7-20(26)28-3)16(22-18(12)10-24)9-17-15(6-8-21(27)29-4)13(2)19(11-25)23-17;1-8-6-16-14(15(8)11(4)19)5-13-9(2)12(7-17-13)10(3)18/h10-11,22-23H,5-9H2,1-4H3;6-7,16-17H,5H2,1-4H3. The van der Waals surface area contributed by atoms with Crippen molar-refractivity contribution >= 4 is 36.1 Å². The molecule has 0 aliphatic heterocycles. The number of nitrogens with one attached hydrogen (secondary N) is 4. The fourth-order valence-corrected chi connectivity index (χ4v) is 5.96. The van der Waals surface area contributed by atoms with Crippen LogP contribution in [0.1, 0.15) is 125 Å². The van der Waals surface area contributed by atoms with Crippen LogP contribution >= 0.6 is 0 Å². The van der Waals surface area contributed by atoms with Crippen LogP contribution in [0, 0.1) is 27.7 Å². The normalized spacial score (nSPS) is 10.7.